The van der Waals surface area contributed by atoms with Crippen molar-refractivity contribution in [2.24, 2.45) is 0 Å². The number of rotatable bonds is 1. The molecule has 130 valence electrons. The van der Waals surface area contributed by atoms with Gasteiger partial charge in [-0.3, -0.25) is 9.78 Å². The first-order valence-electron chi connectivity index (χ1n) is 8.78. The van der Waals surface area contributed by atoms with Gasteiger partial charge >= 0.3 is 0 Å². The minimum Gasteiger partial charge on any atom is -0.297 e. The Bertz CT molecular complexity index is 1230. The van der Waals surface area contributed by atoms with Crippen LogP contribution < -0.4 is 10.4 Å². The topological polar surface area (TPSA) is 44.5 Å². The lowest BCUT2D eigenvalue weighted by Crippen LogP contribution is -2.26. The minimum atomic E-state index is -0.236. The number of aromatic amines is 1. The molecule has 1 aliphatic rings. The van der Waals surface area contributed by atoms with Crippen molar-refractivity contribution in [3.63, 3.8) is 0 Å². The van der Waals surface area contributed by atoms with Crippen molar-refractivity contribution < 1.29 is 4.39 Å². The Kier molecular flexibility index (Phi) is 3.81. The standard InChI is InChI=1S/C22H20FN3/c1-13-9-19-15(3)14(2)18-8-7-16(12-24)10-21(18)25-26(17-5-4-6-17)22(19)11-20(13)23/h7-11,17,25H,2-6H2,1H3. The van der Waals surface area contributed by atoms with Crippen molar-refractivity contribution in [2.75, 3.05) is 0 Å². The molecule has 0 unspecified atom stereocenters. The Labute approximate surface area is 151 Å². The van der Waals surface area contributed by atoms with E-state index >= 15 is 0 Å². The Balaban J connectivity index is 2.29. The SMILES string of the molecule is C=c1c(=C)c2cc(C)c(F)cc2n(C2CCC2)[nH]c2cc(C#N)ccc12. The largest absolute Gasteiger partial charge is 0.297 e. The highest BCUT2D eigenvalue weighted by atomic mass is 19.1. The highest BCUT2D eigenvalue weighted by Crippen LogP contribution is 2.33. The van der Waals surface area contributed by atoms with E-state index in [0.717, 1.165) is 51.5 Å². The van der Waals surface area contributed by atoms with Crippen LogP contribution in [0, 0.1) is 24.1 Å². The lowest BCUT2D eigenvalue weighted by atomic mass is 9.93. The van der Waals surface area contributed by atoms with Crippen LogP contribution in [0.3, 0.4) is 0 Å². The van der Waals surface area contributed by atoms with E-state index in [-0.39, 0.29) is 11.9 Å². The molecule has 0 radical (unpaired) electrons. The Morgan fingerprint density at radius 1 is 1.15 bits per heavy atom. The number of nitrogens with zero attached hydrogens (tertiary/aromatic N) is 2. The van der Waals surface area contributed by atoms with E-state index in [1.807, 2.05) is 22.9 Å². The molecule has 0 atom stereocenters. The summed E-state index contributed by atoms with van der Waals surface area (Å²) in [6.45, 7) is 10.2. The molecular weight excluding hydrogens is 325 g/mol. The summed E-state index contributed by atoms with van der Waals surface area (Å²) in [5, 5.41) is 16.1. The van der Waals surface area contributed by atoms with Crippen molar-refractivity contribution >= 4 is 35.0 Å². The van der Waals surface area contributed by atoms with Gasteiger partial charge in [0.1, 0.15) is 5.82 Å². The maximum atomic E-state index is 14.4. The number of benzene rings is 2. The first-order chi connectivity index (χ1) is 12.5. The summed E-state index contributed by atoms with van der Waals surface area (Å²) in [7, 11) is 0. The normalized spacial score (nSPS) is 14.2. The van der Waals surface area contributed by atoms with E-state index in [2.05, 4.69) is 24.3 Å². The predicted octanol–water partition coefficient (Wildman–Crippen LogP) is 4.11. The number of hydrogen-bond donors (Lipinski definition) is 1. The van der Waals surface area contributed by atoms with Gasteiger partial charge in [-0.1, -0.05) is 19.2 Å². The number of aryl methyl sites for hydroxylation is 1. The van der Waals surface area contributed by atoms with Crippen LogP contribution in [0.2, 0.25) is 0 Å². The number of nitriles is 1. The fourth-order valence-corrected chi connectivity index (χ4v) is 3.53. The average Bonchev–Trinajstić information content (AvgIpc) is 2.59. The second-order valence-electron chi connectivity index (χ2n) is 7.01. The van der Waals surface area contributed by atoms with Gasteiger partial charge in [-0.05, 0) is 66.5 Å². The summed E-state index contributed by atoms with van der Waals surface area (Å²) >= 11 is 0. The second-order valence-corrected chi connectivity index (χ2v) is 7.01. The third-order valence-corrected chi connectivity index (χ3v) is 5.38. The third kappa shape index (κ3) is 2.48. The highest BCUT2D eigenvalue weighted by molar-refractivity contribution is 5.85. The monoisotopic (exact) mass is 345 g/mol. The van der Waals surface area contributed by atoms with Crippen molar-refractivity contribution in [1.82, 2.24) is 9.78 Å². The van der Waals surface area contributed by atoms with Gasteiger partial charge in [0.15, 0.2) is 0 Å². The van der Waals surface area contributed by atoms with Crippen LogP contribution in [0.15, 0.2) is 30.3 Å². The van der Waals surface area contributed by atoms with Gasteiger partial charge in [-0.2, -0.15) is 5.26 Å². The molecule has 0 bridgehead atoms. The smallest absolute Gasteiger partial charge is 0.128 e. The number of hydrogen-bond acceptors (Lipinski definition) is 1. The van der Waals surface area contributed by atoms with Crippen LogP contribution in [-0.4, -0.2) is 9.78 Å². The number of H-pyrrole nitrogens is 1. The van der Waals surface area contributed by atoms with Crippen LogP contribution in [0.25, 0.3) is 35.0 Å². The molecule has 1 saturated carbocycles. The fraction of sp³-hybridized carbons (Fsp3) is 0.227. The summed E-state index contributed by atoms with van der Waals surface area (Å²) in [5.74, 6) is -0.236. The number of aromatic nitrogens is 2. The zero-order chi connectivity index (χ0) is 18.4. The molecule has 1 aliphatic carbocycles. The van der Waals surface area contributed by atoms with Crippen molar-refractivity contribution in [3.05, 3.63) is 57.7 Å². The lowest BCUT2D eigenvalue weighted by Gasteiger charge is -2.29. The molecule has 1 N–H and O–H groups in total. The Hall–Kier alpha value is -3.06. The van der Waals surface area contributed by atoms with Gasteiger partial charge in [-0.25, -0.2) is 4.39 Å². The summed E-state index contributed by atoms with van der Waals surface area (Å²) in [6, 6.07) is 11.4. The van der Waals surface area contributed by atoms with E-state index in [4.69, 9.17) is 0 Å². The van der Waals surface area contributed by atoms with Gasteiger partial charge in [0.25, 0.3) is 0 Å². The number of nitrogens with one attached hydrogen (secondary N) is 1. The van der Waals surface area contributed by atoms with Crippen LogP contribution >= 0.6 is 0 Å². The molecule has 0 amide bonds. The number of halogens is 1. The molecule has 1 aromatic heterocycles. The molecule has 1 fully saturated rings. The molecule has 4 rings (SSSR count). The van der Waals surface area contributed by atoms with Crippen molar-refractivity contribution in [3.8, 4) is 6.07 Å². The molecule has 3 nitrogen and oxygen atoms in total. The molecule has 4 heteroatoms. The van der Waals surface area contributed by atoms with Gasteiger partial charge in [-0.15, -0.1) is 0 Å². The summed E-state index contributed by atoms with van der Waals surface area (Å²) in [6.07, 6.45) is 3.25. The first-order valence-corrected chi connectivity index (χ1v) is 8.78. The third-order valence-electron chi connectivity index (χ3n) is 5.38. The van der Waals surface area contributed by atoms with E-state index in [1.165, 1.54) is 0 Å². The van der Waals surface area contributed by atoms with Gasteiger partial charge in [0, 0.05) is 10.8 Å². The number of fused-ring (bicyclic) bond motifs is 2. The zero-order valence-electron chi connectivity index (χ0n) is 14.8. The van der Waals surface area contributed by atoms with E-state index < -0.39 is 0 Å². The molecule has 1 heterocycles. The maximum Gasteiger partial charge on any atom is 0.128 e. The van der Waals surface area contributed by atoms with Crippen molar-refractivity contribution in [1.29, 1.82) is 5.26 Å². The summed E-state index contributed by atoms with van der Waals surface area (Å²) in [4.78, 5) is 0. The van der Waals surface area contributed by atoms with Gasteiger partial charge < -0.3 is 0 Å². The summed E-state index contributed by atoms with van der Waals surface area (Å²) in [5.41, 5.74) is 2.73. The molecule has 3 aromatic rings. The molecule has 2 aromatic carbocycles. The van der Waals surface area contributed by atoms with E-state index in [0.29, 0.717) is 11.1 Å². The lowest BCUT2D eigenvalue weighted by molar-refractivity contribution is 0.297. The highest BCUT2D eigenvalue weighted by Gasteiger charge is 2.21. The average molecular weight is 345 g/mol. The second kappa shape index (κ2) is 6.03. The Morgan fingerprint density at radius 3 is 2.54 bits per heavy atom. The van der Waals surface area contributed by atoms with Crippen molar-refractivity contribution in [2.45, 2.75) is 32.2 Å². The molecule has 0 spiro atoms. The molecule has 0 saturated heterocycles. The van der Waals surface area contributed by atoms with E-state index in [1.54, 1.807) is 19.1 Å². The minimum absolute atomic E-state index is 0.236. The van der Waals surface area contributed by atoms with E-state index in [9.17, 15) is 9.65 Å². The first kappa shape index (κ1) is 16.4. The summed E-state index contributed by atoms with van der Waals surface area (Å²) < 4.78 is 16.4. The predicted molar refractivity (Wildman–Crippen MR) is 104 cm³/mol. The fourth-order valence-electron chi connectivity index (χ4n) is 3.53. The quantitative estimate of drug-likeness (QED) is 0.709. The van der Waals surface area contributed by atoms with Crippen LogP contribution in [0.1, 0.15) is 36.4 Å². The van der Waals surface area contributed by atoms with Crippen LogP contribution in [0.4, 0.5) is 4.39 Å². The Morgan fingerprint density at radius 2 is 1.88 bits per heavy atom. The van der Waals surface area contributed by atoms with Crippen LogP contribution in [-0.2, 0) is 0 Å². The zero-order valence-corrected chi connectivity index (χ0v) is 14.8. The van der Waals surface area contributed by atoms with Crippen LogP contribution in [0.5, 0.6) is 0 Å². The van der Waals surface area contributed by atoms with Gasteiger partial charge in [0.2, 0.25) is 0 Å². The van der Waals surface area contributed by atoms with Gasteiger partial charge in [0.05, 0.1) is 28.7 Å². The maximum absolute atomic E-state index is 14.4. The molecule has 0 aliphatic heterocycles. The molecule has 26 heavy (non-hydrogen) atoms. The molecular formula is C22H20FN3.